The second-order valence-corrected chi connectivity index (χ2v) is 8.43. The molecule has 1 atom stereocenters. The predicted molar refractivity (Wildman–Crippen MR) is 142 cm³/mol. The van der Waals surface area contributed by atoms with Crippen LogP contribution in [0.1, 0.15) is 31.9 Å². The van der Waals surface area contributed by atoms with Crippen molar-refractivity contribution in [3.05, 3.63) is 84.0 Å². The SMILES string of the molecule is C=C(C)C(=O)OCCOC(=O)Nc1ccccc1Cc1ccc(NC(=O)OC(C)COC(=O)C(=C)C)cc1. The molecule has 0 spiro atoms. The Labute approximate surface area is 221 Å². The van der Waals surface area contributed by atoms with Gasteiger partial charge in [-0.05, 0) is 56.5 Å². The number of amides is 2. The van der Waals surface area contributed by atoms with Crippen LogP contribution < -0.4 is 10.6 Å². The van der Waals surface area contributed by atoms with E-state index in [-0.39, 0.29) is 31.0 Å². The first kappa shape index (κ1) is 29.6. The van der Waals surface area contributed by atoms with E-state index < -0.39 is 30.2 Å². The van der Waals surface area contributed by atoms with Crippen molar-refractivity contribution in [2.24, 2.45) is 0 Å². The Bertz CT molecular complexity index is 1170. The molecule has 0 fully saturated rings. The summed E-state index contributed by atoms with van der Waals surface area (Å²) in [5, 5.41) is 5.31. The van der Waals surface area contributed by atoms with Crippen molar-refractivity contribution >= 4 is 35.5 Å². The summed E-state index contributed by atoms with van der Waals surface area (Å²) in [4.78, 5) is 47.0. The van der Waals surface area contributed by atoms with Crippen molar-refractivity contribution in [3.63, 3.8) is 0 Å². The summed E-state index contributed by atoms with van der Waals surface area (Å²) in [6.07, 6.45) is -1.49. The minimum Gasteiger partial charge on any atom is -0.459 e. The minimum atomic E-state index is -0.681. The van der Waals surface area contributed by atoms with Crippen LogP contribution in [0.15, 0.2) is 72.8 Å². The summed E-state index contributed by atoms with van der Waals surface area (Å²) in [7, 11) is 0. The zero-order valence-electron chi connectivity index (χ0n) is 21.7. The lowest BCUT2D eigenvalue weighted by molar-refractivity contribution is -0.141. The van der Waals surface area contributed by atoms with E-state index in [1.54, 1.807) is 31.2 Å². The highest BCUT2D eigenvalue weighted by molar-refractivity contribution is 5.88. The highest BCUT2D eigenvalue weighted by atomic mass is 16.6. The first-order valence-corrected chi connectivity index (χ1v) is 11.8. The molecule has 1 unspecified atom stereocenters. The van der Waals surface area contributed by atoms with Crippen LogP contribution in [-0.4, -0.2) is 50.0 Å². The number of anilines is 2. The molecule has 2 N–H and O–H groups in total. The van der Waals surface area contributed by atoms with Crippen LogP contribution in [0.4, 0.5) is 21.0 Å². The van der Waals surface area contributed by atoms with Crippen LogP contribution in [0.3, 0.4) is 0 Å². The standard InChI is InChI=1S/C28H32N2O8/c1-18(2)25(31)35-14-15-36-27(33)30-24-9-7-6-8-22(24)16-21-10-12-23(13-11-21)29-28(34)38-20(5)17-37-26(32)19(3)4/h6-13,20H,1,3,14-17H2,2,4-5H3,(H,29,34)(H,30,33). The summed E-state index contributed by atoms with van der Waals surface area (Å²) in [5.74, 6) is -1.10. The lowest BCUT2D eigenvalue weighted by atomic mass is 10.0. The highest BCUT2D eigenvalue weighted by Crippen LogP contribution is 2.21. The molecular weight excluding hydrogens is 492 g/mol. The maximum atomic E-state index is 12.2. The summed E-state index contributed by atoms with van der Waals surface area (Å²) >= 11 is 0. The van der Waals surface area contributed by atoms with Gasteiger partial charge in [-0.15, -0.1) is 0 Å². The zero-order valence-corrected chi connectivity index (χ0v) is 21.7. The van der Waals surface area contributed by atoms with E-state index in [0.717, 1.165) is 11.1 Å². The molecule has 0 aliphatic rings. The van der Waals surface area contributed by atoms with Gasteiger partial charge in [0.15, 0.2) is 0 Å². The highest BCUT2D eigenvalue weighted by Gasteiger charge is 2.13. The molecule has 0 radical (unpaired) electrons. The number of rotatable bonds is 12. The van der Waals surface area contributed by atoms with Gasteiger partial charge in [-0.1, -0.05) is 43.5 Å². The van der Waals surface area contributed by atoms with E-state index in [0.29, 0.717) is 17.8 Å². The van der Waals surface area contributed by atoms with Crippen LogP contribution in [0.2, 0.25) is 0 Å². The molecule has 0 aliphatic heterocycles. The van der Waals surface area contributed by atoms with Gasteiger partial charge in [0.05, 0.1) is 0 Å². The molecule has 2 rings (SSSR count). The molecule has 0 saturated carbocycles. The topological polar surface area (TPSA) is 129 Å². The Morgan fingerprint density at radius 3 is 2.05 bits per heavy atom. The van der Waals surface area contributed by atoms with Gasteiger partial charge < -0.3 is 18.9 Å². The van der Waals surface area contributed by atoms with E-state index in [1.807, 2.05) is 24.3 Å². The van der Waals surface area contributed by atoms with Crippen molar-refractivity contribution in [2.75, 3.05) is 30.5 Å². The molecule has 0 heterocycles. The molecule has 0 bridgehead atoms. The second kappa shape index (κ2) is 14.8. The number of carbonyl (C=O) groups excluding carboxylic acids is 4. The first-order chi connectivity index (χ1) is 18.0. The monoisotopic (exact) mass is 524 g/mol. The van der Waals surface area contributed by atoms with Gasteiger partial charge in [0.2, 0.25) is 0 Å². The lowest BCUT2D eigenvalue weighted by Crippen LogP contribution is -2.25. The van der Waals surface area contributed by atoms with Gasteiger partial charge in [0.1, 0.15) is 25.9 Å². The number of hydrogen-bond donors (Lipinski definition) is 2. The fourth-order valence-electron chi connectivity index (χ4n) is 2.94. The van der Waals surface area contributed by atoms with Crippen LogP contribution in [0, 0.1) is 0 Å². The Morgan fingerprint density at radius 1 is 0.789 bits per heavy atom. The molecule has 0 aliphatic carbocycles. The summed E-state index contributed by atoms with van der Waals surface area (Å²) in [6, 6.07) is 14.4. The Hall–Kier alpha value is -4.60. The van der Waals surface area contributed by atoms with E-state index in [4.69, 9.17) is 18.9 Å². The molecule has 10 heteroatoms. The zero-order chi connectivity index (χ0) is 28.1. The summed E-state index contributed by atoms with van der Waals surface area (Å²) in [5.41, 5.74) is 3.39. The first-order valence-electron chi connectivity index (χ1n) is 11.8. The maximum Gasteiger partial charge on any atom is 0.412 e. The molecule has 2 aromatic carbocycles. The van der Waals surface area contributed by atoms with E-state index >= 15 is 0 Å². The molecule has 38 heavy (non-hydrogen) atoms. The van der Waals surface area contributed by atoms with E-state index in [2.05, 4.69) is 23.8 Å². The van der Waals surface area contributed by atoms with Gasteiger partial charge in [0, 0.05) is 22.5 Å². The largest absolute Gasteiger partial charge is 0.459 e. The molecular formula is C28H32N2O8. The Kier molecular flexibility index (Phi) is 11.6. The summed E-state index contributed by atoms with van der Waals surface area (Å²) < 4.78 is 20.1. The van der Waals surface area contributed by atoms with Gasteiger partial charge in [-0.3, -0.25) is 10.6 Å². The molecule has 0 saturated heterocycles. The number of benzene rings is 2. The van der Waals surface area contributed by atoms with Gasteiger partial charge >= 0.3 is 24.1 Å². The van der Waals surface area contributed by atoms with Crippen molar-refractivity contribution in [3.8, 4) is 0 Å². The van der Waals surface area contributed by atoms with Crippen LogP contribution in [0.5, 0.6) is 0 Å². The van der Waals surface area contributed by atoms with Crippen molar-refractivity contribution in [1.29, 1.82) is 0 Å². The quantitative estimate of drug-likeness (QED) is 0.172. The van der Waals surface area contributed by atoms with Crippen molar-refractivity contribution < 1.29 is 38.1 Å². The van der Waals surface area contributed by atoms with Gasteiger partial charge in [-0.25, -0.2) is 19.2 Å². The van der Waals surface area contributed by atoms with Crippen LogP contribution in [-0.2, 0) is 35.0 Å². The molecule has 2 aromatic rings. The number of esters is 2. The van der Waals surface area contributed by atoms with Crippen molar-refractivity contribution in [2.45, 2.75) is 33.3 Å². The normalized spacial score (nSPS) is 10.9. The van der Waals surface area contributed by atoms with Crippen LogP contribution >= 0.6 is 0 Å². The smallest absolute Gasteiger partial charge is 0.412 e. The average molecular weight is 525 g/mol. The molecule has 202 valence electrons. The van der Waals surface area contributed by atoms with Gasteiger partial charge in [0.25, 0.3) is 0 Å². The number of nitrogens with one attached hydrogen (secondary N) is 2. The second-order valence-electron chi connectivity index (χ2n) is 8.43. The number of carbonyl (C=O) groups is 4. The predicted octanol–water partition coefficient (Wildman–Crippen LogP) is 5.00. The van der Waals surface area contributed by atoms with Crippen LogP contribution in [0.25, 0.3) is 0 Å². The average Bonchev–Trinajstić information content (AvgIpc) is 2.87. The summed E-state index contributed by atoms with van der Waals surface area (Å²) in [6.45, 7) is 11.4. The molecule has 0 aromatic heterocycles. The van der Waals surface area contributed by atoms with Crippen molar-refractivity contribution in [1.82, 2.24) is 0 Å². The molecule has 10 nitrogen and oxygen atoms in total. The third-order valence-corrected chi connectivity index (χ3v) is 4.85. The third kappa shape index (κ3) is 10.6. The fraction of sp³-hybridized carbons (Fsp3) is 0.286. The fourth-order valence-corrected chi connectivity index (χ4v) is 2.94. The third-order valence-electron chi connectivity index (χ3n) is 4.85. The van der Waals surface area contributed by atoms with E-state index in [1.165, 1.54) is 13.8 Å². The Morgan fingerprint density at radius 2 is 1.39 bits per heavy atom. The maximum absolute atomic E-state index is 12.2. The minimum absolute atomic E-state index is 0.0734. The lowest BCUT2D eigenvalue weighted by Gasteiger charge is -2.14. The van der Waals surface area contributed by atoms with Gasteiger partial charge in [-0.2, -0.15) is 0 Å². The Balaban J connectivity index is 1.85. The molecule has 2 amide bonds. The number of ether oxygens (including phenoxy) is 4. The number of hydrogen-bond acceptors (Lipinski definition) is 8. The number of para-hydroxylation sites is 1. The van der Waals surface area contributed by atoms with E-state index in [9.17, 15) is 19.2 Å².